The number of ether oxygens (including phenoxy) is 1. The van der Waals surface area contributed by atoms with Crippen LogP contribution in [0.1, 0.15) is 18.4 Å². The quantitative estimate of drug-likeness (QED) is 0.700. The highest BCUT2D eigenvalue weighted by Gasteiger charge is 2.27. The third-order valence-corrected chi connectivity index (χ3v) is 5.40. The number of pyridine rings is 1. The molecule has 0 bridgehead atoms. The Labute approximate surface area is 176 Å². The van der Waals surface area contributed by atoms with Gasteiger partial charge >= 0.3 is 0 Å². The number of aromatic nitrogens is 3. The maximum absolute atomic E-state index is 12.8. The third-order valence-electron chi connectivity index (χ3n) is 5.40. The second kappa shape index (κ2) is 8.90. The Balaban J connectivity index is 1.45. The van der Waals surface area contributed by atoms with Gasteiger partial charge in [0, 0.05) is 24.8 Å². The van der Waals surface area contributed by atoms with E-state index in [0.717, 1.165) is 47.8 Å². The lowest BCUT2D eigenvalue weighted by Gasteiger charge is -2.32. The van der Waals surface area contributed by atoms with Crippen LogP contribution in [0.15, 0.2) is 54.7 Å². The SMILES string of the molecule is COc1ccccc1-c1ccc(N2CCC[C@H](C(=O)Nc3ncccc3C)C2)nn1. The van der Waals surface area contributed by atoms with E-state index in [1.807, 2.05) is 55.5 Å². The number of aryl methyl sites for hydroxylation is 1. The summed E-state index contributed by atoms with van der Waals surface area (Å²) in [4.78, 5) is 19.2. The van der Waals surface area contributed by atoms with Gasteiger partial charge in [-0.2, -0.15) is 0 Å². The molecule has 154 valence electrons. The van der Waals surface area contributed by atoms with Gasteiger partial charge in [-0.1, -0.05) is 18.2 Å². The number of benzene rings is 1. The summed E-state index contributed by atoms with van der Waals surface area (Å²) < 4.78 is 5.42. The summed E-state index contributed by atoms with van der Waals surface area (Å²) in [7, 11) is 1.64. The third kappa shape index (κ3) is 4.25. The molecule has 1 aromatic carbocycles. The van der Waals surface area contributed by atoms with E-state index in [0.29, 0.717) is 12.4 Å². The van der Waals surface area contributed by atoms with E-state index in [4.69, 9.17) is 4.74 Å². The lowest BCUT2D eigenvalue weighted by Crippen LogP contribution is -2.41. The molecular formula is C23H25N5O2. The summed E-state index contributed by atoms with van der Waals surface area (Å²) in [5.41, 5.74) is 2.62. The smallest absolute Gasteiger partial charge is 0.230 e. The molecule has 30 heavy (non-hydrogen) atoms. The van der Waals surface area contributed by atoms with Gasteiger partial charge in [-0.05, 0) is 55.7 Å². The lowest BCUT2D eigenvalue weighted by molar-refractivity contribution is -0.120. The van der Waals surface area contributed by atoms with Gasteiger partial charge in [-0.15, -0.1) is 10.2 Å². The van der Waals surface area contributed by atoms with Gasteiger partial charge in [0.15, 0.2) is 5.82 Å². The molecule has 3 aromatic rings. The molecule has 1 N–H and O–H groups in total. The van der Waals surface area contributed by atoms with Gasteiger partial charge in [-0.3, -0.25) is 4.79 Å². The molecule has 7 nitrogen and oxygen atoms in total. The average molecular weight is 403 g/mol. The number of para-hydroxylation sites is 1. The first-order valence-corrected chi connectivity index (χ1v) is 10.1. The van der Waals surface area contributed by atoms with E-state index in [1.54, 1.807) is 13.3 Å². The number of carbonyl (C=O) groups is 1. The first-order chi connectivity index (χ1) is 14.7. The maximum atomic E-state index is 12.8. The molecule has 1 atom stereocenters. The van der Waals surface area contributed by atoms with Crippen molar-refractivity contribution >= 4 is 17.5 Å². The number of nitrogens with zero attached hydrogens (tertiary/aromatic N) is 4. The van der Waals surface area contributed by atoms with E-state index < -0.39 is 0 Å². The van der Waals surface area contributed by atoms with Crippen LogP contribution >= 0.6 is 0 Å². The molecule has 0 spiro atoms. The van der Waals surface area contributed by atoms with Gasteiger partial charge in [0.05, 0.1) is 18.7 Å². The highest BCUT2D eigenvalue weighted by atomic mass is 16.5. The number of hydrogen-bond acceptors (Lipinski definition) is 6. The van der Waals surface area contributed by atoms with Crippen LogP contribution in [0, 0.1) is 12.8 Å². The summed E-state index contributed by atoms with van der Waals surface area (Å²) in [6, 6.07) is 15.4. The zero-order chi connectivity index (χ0) is 20.9. The molecule has 1 amide bonds. The van der Waals surface area contributed by atoms with Gasteiger partial charge in [0.2, 0.25) is 5.91 Å². The Morgan fingerprint density at radius 2 is 2.00 bits per heavy atom. The molecule has 1 saturated heterocycles. The highest BCUT2D eigenvalue weighted by molar-refractivity contribution is 5.92. The number of rotatable bonds is 5. The standard InChI is InChI=1S/C23H25N5O2/c1-16-7-5-13-24-22(16)25-23(29)17-8-6-14-28(15-17)21-12-11-19(26-27-21)18-9-3-4-10-20(18)30-2/h3-5,7,9-13,17H,6,8,14-15H2,1-2H3,(H,24,25,29)/t17-/m0/s1. The molecule has 1 aliphatic heterocycles. The highest BCUT2D eigenvalue weighted by Crippen LogP contribution is 2.29. The van der Waals surface area contributed by atoms with Crippen LogP contribution < -0.4 is 15.0 Å². The monoisotopic (exact) mass is 403 g/mol. The molecule has 0 radical (unpaired) electrons. The van der Waals surface area contributed by atoms with E-state index in [9.17, 15) is 4.79 Å². The van der Waals surface area contributed by atoms with Gasteiger partial charge in [0.25, 0.3) is 0 Å². The Morgan fingerprint density at radius 3 is 2.77 bits per heavy atom. The van der Waals surface area contributed by atoms with Crippen molar-refractivity contribution < 1.29 is 9.53 Å². The van der Waals surface area contributed by atoms with Crippen molar-refractivity contribution in [1.82, 2.24) is 15.2 Å². The number of amides is 1. The van der Waals surface area contributed by atoms with Crippen molar-refractivity contribution in [3.05, 3.63) is 60.3 Å². The fourth-order valence-corrected chi connectivity index (χ4v) is 3.73. The summed E-state index contributed by atoms with van der Waals surface area (Å²) in [5.74, 6) is 2.05. The van der Waals surface area contributed by atoms with Crippen LogP contribution in [-0.2, 0) is 4.79 Å². The van der Waals surface area contributed by atoms with E-state index >= 15 is 0 Å². The first kappa shape index (κ1) is 19.8. The van der Waals surface area contributed by atoms with Crippen LogP contribution in [0.25, 0.3) is 11.3 Å². The summed E-state index contributed by atoms with van der Waals surface area (Å²) in [5, 5.41) is 11.8. The Morgan fingerprint density at radius 1 is 1.13 bits per heavy atom. The molecular weight excluding hydrogens is 378 g/mol. The summed E-state index contributed by atoms with van der Waals surface area (Å²) in [6.45, 7) is 3.41. The number of anilines is 2. The van der Waals surface area contributed by atoms with E-state index in [2.05, 4.69) is 25.4 Å². The number of hydrogen-bond donors (Lipinski definition) is 1. The predicted octanol–water partition coefficient (Wildman–Crippen LogP) is 3.71. The molecule has 0 saturated carbocycles. The van der Waals surface area contributed by atoms with Crippen molar-refractivity contribution in [2.75, 3.05) is 30.4 Å². The van der Waals surface area contributed by atoms with E-state index in [1.165, 1.54) is 0 Å². The van der Waals surface area contributed by atoms with Crippen LogP contribution in [0.5, 0.6) is 5.75 Å². The number of nitrogens with one attached hydrogen (secondary N) is 1. The molecule has 4 rings (SSSR count). The Hall–Kier alpha value is -3.48. The number of carbonyl (C=O) groups excluding carboxylic acids is 1. The molecule has 7 heteroatoms. The Bertz CT molecular complexity index is 1020. The van der Waals surface area contributed by atoms with Gasteiger partial charge in [-0.25, -0.2) is 4.98 Å². The minimum absolute atomic E-state index is 0.0000938. The second-order valence-corrected chi connectivity index (χ2v) is 7.42. The minimum atomic E-state index is -0.115. The minimum Gasteiger partial charge on any atom is -0.496 e. The maximum Gasteiger partial charge on any atom is 0.230 e. The molecule has 3 heterocycles. The first-order valence-electron chi connectivity index (χ1n) is 10.1. The fourth-order valence-electron chi connectivity index (χ4n) is 3.73. The van der Waals surface area contributed by atoms with E-state index in [-0.39, 0.29) is 11.8 Å². The van der Waals surface area contributed by atoms with Crippen molar-refractivity contribution in [1.29, 1.82) is 0 Å². The Kier molecular flexibility index (Phi) is 5.88. The topological polar surface area (TPSA) is 80.2 Å². The summed E-state index contributed by atoms with van der Waals surface area (Å²) in [6.07, 6.45) is 3.46. The van der Waals surface area contributed by atoms with Crippen LogP contribution in [0.4, 0.5) is 11.6 Å². The van der Waals surface area contributed by atoms with Crippen molar-refractivity contribution in [2.45, 2.75) is 19.8 Å². The zero-order valence-electron chi connectivity index (χ0n) is 17.2. The van der Waals surface area contributed by atoms with Crippen molar-refractivity contribution in [3.63, 3.8) is 0 Å². The molecule has 0 aliphatic carbocycles. The zero-order valence-corrected chi connectivity index (χ0v) is 17.2. The van der Waals surface area contributed by atoms with Gasteiger partial charge < -0.3 is 15.0 Å². The predicted molar refractivity (Wildman–Crippen MR) is 117 cm³/mol. The molecule has 2 aromatic heterocycles. The van der Waals surface area contributed by atoms with Crippen LogP contribution in [0.3, 0.4) is 0 Å². The van der Waals surface area contributed by atoms with Gasteiger partial charge in [0.1, 0.15) is 11.6 Å². The normalized spacial score (nSPS) is 16.2. The van der Waals surface area contributed by atoms with Crippen molar-refractivity contribution in [2.24, 2.45) is 5.92 Å². The molecule has 0 unspecified atom stereocenters. The number of piperidine rings is 1. The molecule has 1 fully saturated rings. The summed E-state index contributed by atoms with van der Waals surface area (Å²) >= 11 is 0. The van der Waals surface area contributed by atoms with Crippen molar-refractivity contribution in [3.8, 4) is 17.0 Å². The second-order valence-electron chi connectivity index (χ2n) is 7.42. The number of methoxy groups -OCH3 is 1. The largest absolute Gasteiger partial charge is 0.496 e. The van der Waals surface area contributed by atoms with Crippen LogP contribution in [0.2, 0.25) is 0 Å². The van der Waals surface area contributed by atoms with Crippen LogP contribution in [-0.4, -0.2) is 41.3 Å². The fraction of sp³-hybridized carbons (Fsp3) is 0.304. The molecule has 1 aliphatic rings. The average Bonchev–Trinajstić information content (AvgIpc) is 2.80. The lowest BCUT2D eigenvalue weighted by atomic mass is 9.97.